The second-order valence-corrected chi connectivity index (χ2v) is 21.5. The summed E-state index contributed by atoms with van der Waals surface area (Å²) >= 11 is 4.48. The highest BCUT2D eigenvalue weighted by molar-refractivity contribution is 7.45. The molecule has 386 valence electrons. The van der Waals surface area contributed by atoms with Gasteiger partial charge in [-0.2, -0.15) is 0 Å². The van der Waals surface area contributed by atoms with Crippen molar-refractivity contribution in [3.8, 4) is 17.2 Å². The summed E-state index contributed by atoms with van der Waals surface area (Å²) in [7, 11) is 0.239. The highest BCUT2D eigenvalue weighted by Gasteiger charge is 2.28. The van der Waals surface area contributed by atoms with E-state index in [0.29, 0.717) is 69.6 Å². The van der Waals surface area contributed by atoms with Crippen molar-refractivity contribution < 1.29 is 47.8 Å². The van der Waals surface area contributed by atoms with Crippen molar-refractivity contribution in [3.63, 3.8) is 0 Å². The molecule has 0 bridgehead atoms. The van der Waals surface area contributed by atoms with Crippen LogP contribution in [0.25, 0.3) is 30.3 Å². The number of methoxy groups -OCH3 is 3. The van der Waals surface area contributed by atoms with Gasteiger partial charge in [0.25, 0.3) is 17.7 Å². The van der Waals surface area contributed by atoms with Gasteiger partial charge in [-0.05, 0) is 114 Å². The van der Waals surface area contributed by atoms with Gasteiger partial charge in [0.05, 0.1) is 21.3 Å². The van der Waals surface area contributed by atoms with E-state index in [2.05, 4.69) is 51.4 Å². The first kappa shape index (κ1) is 55.7. The molecule has 6 N–H and O–H groups in total. The minimum absolute atomic E-state index is 0.0268. The lowest BCUT2D eigenvalue weighted by molar-refractivity contribution is 0.0934. The number of carbonyl (C=O) groups excluding carboxylic acids is 3. The molecule has 3 fully saturated rings. The minimum Gasteiger partial charge on any atom is -0.494 e. The molecule has 3 aromatic carbocycles. The number of nitrogens with zero attached hydrogens (tertiary/aromatic N) is 3. The standard InChI is InChI=1S/3C17H22N2O2S.H3O4P/c3*1-3-19-10-6-7-12(19)11-18-17(20)16-15(21-2)13-8-4-5-9-14(13)22-16;1-5(2,3)4/h3*4-5,8-9,12H,3,6-7,10-11H2,1-2H3,(H,18,20);(H3,1,2,3,4). The maximum atomic E-state index is 12.5. The lowest BCUT2D eigenvalue weighted by atomic mass is 10.2. The highest BCUT2D eigenvalue weighted by atomic mass is 32.1. The second kappa shape index (κ2) is 26.9. The van der Waals surface area contributed by atoms with E-state index in [1.165, 1.54) is 53.3 Å². The van der Waals surface area contributed by atoms with Gasteiger partial charge >= 0.3 is 7.82 Å². The van der Waals surface area contributed by atoms with E-state index in [9.17, 15) is 14.4 Å². The van der Waals surface area contributed by atoms with Gasteiger partial charge in [0.15, 0.2) is 0 Å². The summed E-state index contributed by atoms with van der Waals surface area (Å²) < 4.78 is 28.6. The van der Waals surface area contributed by atoms with E-state index in [1.54, 1.807) is 21.3 Å². The molecular formula is C51H69N6O10PS3. The lowest BCUT2D eigenvalue weighted by Crippen LogP contribution is -2.39. The van der Waals surface area contributed by atoms with Crippen LogP contribution >= 0.6 is 41.8 Å². The molecule has 0 spiro atoms. The summed E-state index contributed by atoms with van der Waals surface area (Å²) in [6.45, 7) is 15.2. The molecule has 20 heteroatoms. The Morgan fingerprint density at radius 1 is 0.521 bits per heavy atom. The Morgan fingerprint density at radius 2 is 0.775 bits per heavy atom. The number of phosphoric acid groups is 1. The van der Waals surface area contributed by atoms with Crippen LogP contribution in [-0.4, -0.2) is 145 Å². The number of likely N-dealkylation sites (N-methyl/N-ethyl adjacent to an activating group) is 3. The van der Waals surface area contributed by atoms with Crippen LogP contribution in [0.5, 0.6) is 17.2 Å². The smallest absolute Gasteiger partial charge is 0.466 e. The summed E-state index contributed by atoms with van der Waals surface area (Å²) in [4.78, 5) is 68.5. The van der Waals surface area contributed by atoms with Gasteiger partial charge in [0, 0.05) is 68.0 Å². The van der Waals surface area contributed by atoms with E-state index in [1.807, 2.05) is 72.8 Å². The van der Waals surface area contributed by atoms with Gasteiger partial charge < -0.3 is 44.8 Å². The molecule has 9 rings (SSSR count). The molecular weight excluding hydrogens is 984 g/mol. The maximum Gasteiger partial charge on any atom is 0.466 e. The third-order valence-electron chi connectivity index (χ3n) is 13.1. The molecule has 3 aromatic heterocycles. The topological polar surface area (TPSA) is 202 Å². The molecule has 0 saturated carbocycles. The maximum absolute atomic E-state index is 12.5. The number of amides is 3. The predicted molar refractivity (Wildman–Crippen MR) is 287 cm³/mol. The highest BCUT2D eigenvalue weighted by Crippen LogP contribution is 2.40. The summed E-state index contributed by atoms with van der Waals surface area (Å²) in [6.07, 6.45) is 7.16. The lowest BCUT2D eigenvalue weighted by Gasteiger charge is -2.22. The molecule has 6 aromatic rings. The quantitative estimate of drug-likeness (QED) is 0.0536. The van der Waals surface area contributed by atoms with Crippen LogP contribution in [0.1, 0.15) is 88.3 Å². The number of nitrogens with one attached hydrogen (secondary N) is 3. The number of likely N-dealkylation sites (tertiary alicyclic amines) is 3. The van der Waals surface area contributed by atoms with Gasteiger partial charge in [-0.1, -0.05) is 57.2 Å². The molecule has 3 aliphatic heterocycles. The number of hydrogen-bond acceptors (Lipinski definition) is 13. The van der Waals surface area contributed by atoms with Crippen LogP contribution < -0.4 is 30.2 Å². The minimum atomic E-state index is -4.64. The first-order valence-electron chi connectivity index (χ1n) is 24.2. The zero-order valence-corrected chi connectivity index (χ0v) is 44.8. The molecule has 0 radical (unpaired) electrons. The Hall–Kier alpha value is -4.66. The fraction of sp³-hybridized carbons (Fsp3) is 0.471. The largest absolute Gasteiger partial charge is 0.494 e. The third kappa shape index (κ3) is 14.7. The molecule has 71 heavy (non-hydrogen) atoms. The molecule has 16 nitrogen and oxygen atoms in total. The zero-order chi connectivity index (χ0) is 51.1. The van der Waals surface area contributed by atoms with Crippen LogP contribution in [0.2, 0.25) is 0 Å². The Kier molecular flexibility index (Phi) is 21.1. The Morgan fingerprint density at radius 3 is 1.01 bits per heavy atom. The van der Waals surface area contributed by atoms with E-state index in [4.69, 9.17) is 33.5 Å². The Bertz CT molecular complexity index is 2460. The SMILES string of the molecule is CCN1CCCC1CNC(=O)c1sc2ccccc2c1OC.CCN1CCCC1CNC(=O)c1sc2ccccc2c1OC.CCN1CCCC1CNC(=O)c1sc2ccccc2c1OC.O=P(O)(O)O. The molecule has 3 atom stereocenters. The van der Waals surface area contributed by atoms with Crippen molar-refractivity contribution in [2.24, 2.45) is 0 Å². The van der Waals surface area contributed by atoms with E-state index >= 15 is 0 Å². The normalized spacial score (nSPS) is 18.2. The van der Waals surface area contributed by atoms with Gasteiger partial charge in [-0.3, -0.25) is 29.1 Å². The van der Waals surface area contributed by atoms with Crippen molar-refractivity contribution in [2.75, 3.05) is 80.2 Å². The molecule has 6 heterocycles. The van der Waals surface area contributed by atoms with Crippen LogP contribution in [0, 0.1) is 0 Å². The summed E-state index contributed by atoms with van der Waals surface area (Å²) in [5.74, 6) is 1.99. The van der Waals surface area contributed by atoms with Crippen molar-refractivity contribution in [3.05, 3.63) is 87.4 Å². The molecule has 3 unspecified atom stereocenters. The summed E-state index contributed by atoms with van der Waals surface area (Å²) in [5, 5.41) is 12.3. The number of hydrogen-bond donors (Lipinski definition) is 6. The molecule has 3 amide bonds. The average Bonchev–Trinajstić information content (AvgIpc) is 4.25. The van der Waals surface area contributed by atoms with E-state index in [-0.39, 0.29) is 17.7 Å². The fourth-order valence-corrected chi connectivity index (χ4v) is 12.9. The second-order valence-electron chi connectivity index (χ2n) is 17.3. The van der Waals surface area contributed by atoms with Crippen molar-refractivity contribution >= 4 is 89.8 Å². The number of carbonyl (C=O) groups is 3. The van der Waals surface area contributed by atoms with Gasteiger partial charge in [-0.15, -0.1) is 34.0 Å². The fourth-order valence-electron chi connectivity index (χ4n) is 9.62. The van der Waals surface area contributed by atoms with Gasteiger partial charge in [0.1, 0.15) is 31.9 Å². The van der Waals surface area contributed by atoms with Crippen LogP contribution in [0.3, 0.4) is 0 Å². The number of benzene rings is 3. The molecule has 3 aliphatic rings. The molecule has 0 aliphatic carbocycles. The third-order valence-corrected chi connectivity index (χ3v) is 16.5. The number of thiophene rings is 3. The number of fused-ring (bicyclic) bond motifs is 3. The van der Waals surface area contributed by atoms with Crippen molar-refractivity contribution in [2.45, 2.75) is 77.4 Å². The predicted octanol–water partition coefficient (Wildman–Crippen LogP) is 8.44. The van der Waals surface area contributed by atoms with Crippen LogP contribution in [0.15, 0.2) is 72.8 Å². The average molecular weight is 1050 g/mol. The first-order chi connectivity index (χ1) is 34.2. The first-order valence-corrected chi connectivity index (χ1v) is 28.3. The van der Waals surface area contributed by atoms with Gasteiger partial charge in [0.2, 0.25) is 0 Å². The van der Waals surface area contributed by atoms with Crippen LogP contribution in [-0.2, 0) is 4.57 Å². The Labute approximate surface area is 428 Å². The Balaban J connectivity index is 0.000000166. The number of ether oxygens (including phenoxy) is 3. The van der Waals surface area contributed by atoms with Gasteiger partial charge in [-0.25, -0.2) is 4.57 Å². The number of rotatable bonds is 15. The monoisotopic (exact) mass is 1050 g/mol. The van der Waals surface area contributed by atoms with E-state index < -0.39 is 7.82 Å². The summed E-state index contributed by atoms with van der Waals surface area (Å²) in [6, 6.07) is 25.3. The summed E-state index contributed by atoms with van der Waals surface area (Å²) in [5.41, 5.74) is 0. The molecule has 3 saturated heterocycles. The van der Waals surface area contributed by atoms with Crippen molar-refractivity contribution in [1.29, 1.82) is 0 Å². The van der Waals surface area contributed by atoms with E-state index in [0.717, 1.165) is 88.8 Å². The van der Waals surface area contributed by atoms with Crippen molar-refractivity contribution in [1.82, 2.24) is 30.7 Å². The zero-order valence-electron chi connectivity index (χ0n) is 41.5. The van der Waals surface area contributed by atoms with Crippen LogP contribution in [0.4, 0.5) is 0 Å².